The second-order valence-corrected chi connectivity index (χ2v) is 14.9. The smallest absolute Gasteiger partial charge is 0.162 e. The molecule has 0 fully saturated rings. The summed E-state index contributed by atoms with van der Waals surface area (Å²) in [5, 5.41) is 15.9. The Morgan fingerprint density at radius 1 is 0.808 bits per heavy atom. The van der Waals surface area contributed by atoms with E-state index in [1.165, 1.54) is 33.4 Å². The van der Waals surface area contributed by atoms with E-state index in [9.17, 15) is 9.90 Å². The van der Waals surface area contributed by atoms with Crippen molar-refractivity contribution in [2.24, 2.45) is 23.7 Å². The van der Waals surface area contributed by atoms with Gasteiger partial charge in [-0.25, -0.2) is 0 Å². The molecule has 0 spiro atoms. The summed E-state index contributed by atoms with van der Waals surface area (Å²) in [6.45, 7) is 17.2. The molecule has 2 aromatic heterocycles. The van der Waals surface area contributed by atoms with Gasteiger partial charge in [0.05, 0.1) is 11.3 Å². The van der Waals surface area contributed by atoms with Gasteiger partial charge in [-0.05, 0) is 90.5 Å². The van der Waals surface area contributed by atoms with Crippen molar-refractivity contribution in [2.45, 2.75) is 93.9 Å². The molecule has 0 amide bonds. The second-order valence-electron chi connectivity index (χ2n) is 14.9. The van der Waals surface area contributed by atoms with Crippen LogP contribution in [-0.4, -0.2) is 10.9 Å². The SMILES string of the molecule is CCC(CC)C(=O)/C=C(\O)C(CC)CC.[CH2-][n+]1c(-c2[c-]c(CC(C)C)cc3c2oc2ccccc23)cc(CC(C)C)c2c3ccccc3ccc21.[Ir]. The molecule has 6 aromatic rings. The molecule has 0 saturated carbocycles. The molecule has 1 N–H and O–H groups in total. The number of hydrogen-bond acceptors (Lipinski definition) is 3. The van der Waals surface area contributed by atoms with Crippen molar-refractivity contribution in [2.75, 3.05) is 0 Å². The average Bonchev–Trinajstić information content (AvgIpc) is 3.48. The van der Waals surface area contributed by atoms with E-state index in [-0.39, 0.29) is 43.5 Å². The monoisotopic (exact) mass is 875 g/mol. The molecular weight excluding hydrogens is 819 g/mol. The van der Waals surface area contributed by atoms with Crippen molar-refractivity contribution in [3.8, 4) is 11.3 Å². The first-order chi connectivity index (χ1) is 24.5. The average molecular weight is 875 g/mol. The van der Waals surface area contributed by atoms with Gasteiger partial charge in [-0.3, -0.25) is 4.79 Å². The maximum atomic E-state index is 11.7. The molecule has 0 bridgehead atoms. The molecule has 1 radical (unpaired) electrons. The van der Waals surface area contributed by atoms with Gasteiger partial charge in [0.2, 0.25) is 0 Å². The van der Waals surface area contributed by atoms with Gasteiger partial charge >= 0.3 is 0 Å². The van der Waals surface area contributed by atoms with E-state index < -0.39 is 0 Å². The molecule has 52 heavy (non-hydrogen) atoms. The van der Waals surface area contributed by atoms with Crippen molar-refractivity contribution >= 4 is 49.4 Å². The largest absolute Gasteiger partial charge is 0.512 e. The summed E-state index contributed by atoms with van der Waals surface area (Å²) in [5.41, 5.74) is 7.53. The van der Waals surface area contributed by atoms with Crippen LogP contribution < -0.4 is 4.57 Å². The van der Waals surface area contributed by atoms with E-state index in [1.807, 2.05) is 33.8 Å². The number of ketones is 1. The fraction of sp³-hybridized carbons (Fsp3) is 0.383. The van der Waals surface area contributed by atoms with Crippen LogP contribution in [0.5, 0.6) is 0 Å². The van der Waals surface area contributed by atoms with Gasteiger partial charge in [0.1, 0.15) is 16.8 Å². The fourth-order valence-electron chi connectivity index (χ4n) is 7.41. The van der Waals surface area contributed by atoms with Crippen LogP contribution >= 0.6 is 0 Å². The molecule has 4 aromatic carbocycles. The Bertz CT molecular complexity index is 2170. The molecule has 0 aliphatic rings. The fourth-order valence-corrected chi connectivity index (χ4v) is 7.41. The topological polar surface area (TPSA) is 54.3 Å². The number of carbonyl (C=O) groups is 1. The number of aromatic nitrogens is 1. The Hall–Kier alpha value is -3.92. The van der Waals surface area contributed by atoms with Gasteiger partial charge < -0.3 is 14.1 Å². The summed E-state index contributed by atoms with van der Waals surface area (Å²) in [5.74, 6) is 1.62. The number of nitrogens with zero attached hydrogens (tertiary/aromatic N) is 1. The van der Waals surface area contributed by atoms with Crippen LogP contribution in [0.25, 0.3) is 54.9 Å². The van der Waals surface area contributed by atoms with Crippen LogP contribution in [0.1, 0.15) is 92.2 Å². The van der Waals surface area contributed by atoms with Crippen molar-refractivity contribution in [1.82, 2.24) is 0 Å². The number of rotatable bonds is 12. The quantitative estimate of drug-likeness (QED) is 0.0438. The van der Waals surface area contributed by atoms with Crippen LogP contribution in [0.4, 0.5) is 0 Å². The summed E-state index contributed by atoms with van der Waals surface area (Å²) >= 11 is 0. The predicted molar refractivity (Wildman–Crippen MR) is 215 cm³/mol. The van der Waals surface area contributed by atoms with Crippen molar-refractivity contribution in [3.63, 3.8) is 0 Å². The molecule has 4 nitrogen and oxygen atoms in total. The molecule has 2 heterocycles. The Labute approximate surface area is 324 Å². The van der Waals surface area contributed by atoms with E-state index in [0.29, 0.717) is 11.8 Å². The van der Waals surface area contributed by atoms with Crippen LogP contribution in [-0.2, 0) is 37.7 Å². The van der Waals surface area contributed by atoms with E-state index in [2.05, 4.69) is 112 Å². The summed E-state index contributed by atoms with van der Waals surface area (Å²) in [6, 6.07) is 29.8. The molecule has 0 atom stereocenters. The maximum Gasteiger partial charge on any atom is 0.162 e. The molecule has 277 valence electrons. The second kappa shape index (κ2) is 18.2. The third-order valence-corrected chi connectivity index (χ3v) is 10.2. The number of allylic oxidation sites excluding steroid dienone is 2. The minimum atomic E-state index is 0. The molecule has 5 heteroatoms. The number of fused-ring (bicyclic) bond motifs is 6. The summed E-state index contributed by atoms with van der Waals surface area (Å²) in [6.07, 6.45) is 6.87. The first-order valence-electron chi connectivity index (χ1n) is 19.0. The summed E-state index contributed by atoms with van der Waals surface area (Å²) in [7, 11) is 4.56. The molecule has 0 aliphatic heterocycles. The van der Waals surface area contributed by atoms with E-state index in [1.54, 1.807) is 0 Å². The Morgan fingerprint density at radius 3 is 2.06 bits per heavy atom. The van der Waals surface area contributed by atoms with Gasteiger partial charge in [0.25, 0.3) is 0 Å². The van der Waals surface area contributed by atoms with Gasteiger partial charge in [0, 0.05) is 55.8 Å². The third kappa shape index (κ3) is 8.81. The van der Waals surface area contributed by atoms with Gasteiger partial charge in [-0.15, -0.1) is 17.7 Å². The zero-order valence-corrected chi connectivity index (χ0v) is 34.7. The number of pyridine rings is 1. The van der Waals surface area contributed by atoms with Gasteiger partial charge in [0.15, 0.2) is 5.78 Å². The Balaban J connectivity index is 0.000000323. The number of furan rings is 1. The molecular formula is C47H56IrNO3-. The number of hydrogen-bond donors (Lipinski definition) is 1. The predicted octanol–water partition coefficient (Wildman–Crippen LogP) is 12.6. The zero-order valence-electron chi connectivity index (χ0n) is 32.3. The minimum absolute atomic E-state index is 0. The van der Waals surface area contributed by atoms with Crippen LogP contribution in [0.15, 0.2) is 89.0 Å². The number of aliphatic hydroxyl groups excluding tert-OH is 1. The third-order valence-electron chi connectivity index (χ3n) is 10.2. The molecule has 0 unspecified atom stereocenters. The van der Waals surface area contributed by atoms with Gasteiger partial charge in [-0.1, -0.05) is 109 Å². The van der Waals surface area contributed by atoms with Crippen molar-refractivity contribution < 1.29 is 39.0 Å². The Kier molecular flexibility index (Phi) is 14.3. The maximum absolute atomic E-state index is 11.7. The summed E-state index contributed by atoms with van der Waals surface area (Å²) < 4.78 is 8.57. The molecule has 0 aliphatic carbocycles. The first-order valence-corrected chi connectivity index (χ1v) is 19.0. The van der Waals surface area contributed by atoms with Crippen molar-refractivity contribution in [3.05, 3.63) is 109 Å². The number of benzene rings is 4. The van der Waals surface area contributed by atoms with Crippen LogP contribution in [0, 0.1) is 36.8 Å². The number of para-hydroxylation sites is 1. The van der Waals surface area contributed by atoms with Crippen molar-refractivity contribution in [1.29, 1.82) is 0 Å². The zero-order chi connectivity index (χ0) is 36.8. The summed E-state index contributed by atoms with van der Waals surface area (Å²) in [4.78, 5) is 11.7. The normalized spacial score (nSPS) is 12.0. The standard InChI is InChI=1S/C34H32NO.C13H24O2.Ir/c1-21(2)16-23-18-28-27-12-8-9-13-32(27)36-34(28)29(19-23)31-20-25(17-22(3)4)33-26-11-7-6-10-24(26)14-15-30(33)35(31)5;1-5-10(6-2)12(14)9-13(15)11(7-3)8-4;/h6-15,18,20-22H,5,16-17H2,1-4H3;9-11,14H,5-8H2,1-4H3;/q-1;;/b;12-9-;. The van der Waals surface area contributed by atoms with Crippen LogP contribution in [0.3, 0.4) is 0 Å². The van der Waals surface area contributed by atoms with E-state index in [0.717, 1.165) is 77.2 Å². The number of carbonyl (C=O) groups excluding carboxylic acids is 1. The van der Waals surface area contributed by atoms with Gasteiger partial charge in [-0.2, -0.15) is 0 Å². The molecule has 6 rings (SSSR count). The van der Waals surface area contributed by atoms with E-state index in [4.69, 9.17) is 4.42 Å². The molecule has 0 saturated heterocycles. The Morgan fingerprint density at radius 2 is 1.42 bits per heavy atom. The minimum Gasteiger partial charge on any atom is -0.512 e. The van der Waals surface area contributed by atoms with E-state index >= 15 is 0 Å². The van der Waals surface area contributed by atoms with Crippen LogP contribution in [0.2, 0.25) is 0 Å². The number of aliphatic hydroxyl groups is 1. The first kappa shape index (κ1) is 40.8.